The Hall–Kier alpha value is -1.59. The van der Waals surface area contributed by atoms with Crippen LogP contribution in [0.4, 0.5) is 4.79 Å². The molecule has 0 unspecified atom stereocenters. The van der Waals surface area contributed by atoms with E-state index in [2.05, 4.69) is 29.6 Å². The number of aryl methyl sites for hydroxylation is 1. The first kappa shape index (κ1) is 17.2. The van der Waals surface area contributed by atoms with Crippen LogP contribution < -0.4 is 5.32 Å². The molecule has 2 aliphatic rings. The second-order valence-corrected chi connectivity index (χ2v) is 6.62. The number of carbonyl (C=O) groups is 1. The molecule has 5 nitrogen and oxygen atoms in total. The third-order valence-corrected chi connectivity index (χ3v) is 4.89. The third kappa shape index (κ3) is 4.71. The summed E-state index contributed by atoms with van der Waals surface area (Å²) in [5, 5.41) is 3.04. The van der Waals surface area contributed by atoms with Crippen molar-refractivity contribution in [1.82, 2.24) is 10.2 Å². The Morgan fingerprint density at radius 2 is 1.75 bits per heavy atom. The number of amides is 2. The zero-order valence-electron chi connectivity index (χ0n) is 14.3. The molecule has 0 aromatic heterocycles. The Kier molecular flexibility index (Phi) is 6.10. The van der Waals surface area contributed by atoms with Gasteiger partial charge in [-0.3, -0.25) is 0 Å². The Morgan fingerprint density at radius 3 is 2.46 bits per heavy atom. The highest BCUT2D eigenvalue weighted by molar-refractivity contribution is 5.74. The molecular weight excluding hydrogens is 304 g/mol. The van der Waals surface area contributed by atoms with E-state index in [1.54, 1.807) is 0 Å². The number of nitrogens with one attached hydrogen (secondary N) is 1. The summed E-state index contributed by atoms with van der Waals surface area (Å²) in [7, 11) is 0. The Bertz CT molecular complexity index is 505. The van der Waals surface area contributed by atoms with E-state index in [1.807, 2.05) is 11.0 Å². The number of nitrogens with zero attached hydrogens (tertiary/aromatic N) is 1. The lowest BCUT2D eigenvalue weighted by atomic mass is 10.0. The van der Waals surface area contributed by atoms with Crippen molar-refractivity contribution in [3.63, 3.8) is 0 Å². The lowest BCUT2D eigenvalue weighted by Crippen LogP contribution is -2.50. The van der Waals surface area contributed by atoms with Crippen molar-refractivity contribution < 1.29 is 14.3 Å². The van der Waals surface area contributed by atoms with Crippen LogP contribution in [0.5, 0.6) is 0 Å². The second kappa shape index (κ2) is 8.49. The first-order chi connectivity index (χ1) is 11.8. The van der Waals surface area contributed by atoms with Crippen LogP contribution in [-0.2, 0) is 15.9 Å². The van der Waals surface area contributed by atoms with E-state index in [9.17, 15) is 4.79 Å². The topological polar surface area (TPSA) is 50.8 Å². The number of benzene rings is 1. The highest BCUT2D eigenvalue weighted by Gasteiger charge is 2.40. The smallest absolute Gasteiger partial charge is 0.317 e. The maximum Gasteiger partial charge on any atom is 0.317 e. The molecular formula is C19H28N2O3. The van der Waals surface area contributed by atoms with Crippen LogP contribution in [0.25, 0.3) is 0 Å². The van der Waals surface area contributed by atoms with Crippen LogP contribution in [0.3, 0.4) is 0 Å². The minimum absolute atomic E-state index is 0.0471. The first-order valence-corrected chi connectivity index (χ1v) is 9.12. The number of urea groups is 1. The summed E-state index contributed by atoms with van der Waals surface area (Å²) in [6.45, 7) is 3.52. The summed E-state index contributed by atoms with van der Waals surface area (Å²) in [5.41, 5.74) is 1.39. The van der Waals surface area contributed by atoms with E-state index >= 15 is 0 Å². The van der Waals surface area contributed by atoms with Crippen molar-refractivity contribution in [3.8, 4) is 0 Å². The van der Waals surface area contributed by atoms with E-state index < -0.39 is 5.79 Å². The molecule has 1 N–H and O–H groups in total. The average molecular weight is 332 g/mol. The zero-order valence-corrected chi connectivity index (χ0v) is 14.3. The van der Waals surface area contributed by atoms with Gasteiger partial charge in [0.05, 0.1) is 13.2 Å². The Labute approximate surface area is 144 Å². The number of rotatable bonds is 6. The van der Waals surface area contributed by atoms with Gasteiger partial charge in [-0.2, -0.15) is 0 Å². The van der Waals surface area contributed by atoms with Crippen molar-refractivity contribution in [2.24, 2.45) is 0 Å². The molecule has 3 rings (SSSR count). The van der Waals surface area contributed by atoms with Gasteiger partial charge in [-0.25, -0.2) is 4.79 Å². The minimum atomic E-state index is -0.409. The van der Waals surface area contributed by atoms with Gasteiger partial charge in [0.25, 0.3) is 0 Å². The molecule has 5 heteroatoms. The highest BCUT2D eigenvalue weighted by Crippen LogP contribution is 2.31. The summed E-state index contributed by atoms with van der Waals surface area (Å²) in [4.78, 5) is 14.1. The molecule has 1 spiro atoms. The van der Waals surface area contributed by atoms with E-state index in [4.69, 9.17) is 9.47 Å². The second-order valence-electron chi connectivity index (χ2n) is 6.62. The van der Waals surface area contributed by atoms with Gasteiger partial charge in [-0.05, 0) is 24.8 Å². The quantitative estimate of drug-likeness (QED) is 0.815. The van der Waals surface area contributed by atoms with Gasteiger partial charge < -0.3 is 19.7 Å². The molecule has 2 aliphatic heterocycles. The van der Waals surface area contributed by atoms with Crippen LogP contribution in [0.15, 0.2) is 30.3 Å². The fourth-order valence-electron chi connectivity index (χ4n) is 3.42. The molecule has 2 saturated heterocycles. The van der Waals surface area contributed by atoms with Gasteiger partial charge in [0.1, 0.15) is 0 Å². The third-order valence-electron chi connectivity index (χ3n) is 4.89. The van der Waals surface area contributed by atoms with Crippen LogP contribution in [0, 0.1) is 0 Å². The van der Waals surface area contributed by atoms with Crippen LogP contribution >= 0.6 is 0 Å². The highest BCUT2D eigenvalue weighted by atomic mass is 16.7. The number of unbranched alkanes of at least 4 members (excludes halogenated alkanes) is 2. The SMILES string of the molecule is O=C(NCCCCCc1ccccc1)N1CCC2(CC1)OCCO2. The molecule has 2 fully saturated rings. The number of likely N-dealkylation sites (tertiary alicyclic amines) is 1. The number of piperidine rings is 1. The van der Waals surface area contributed by atoms with E-state index in [-0.39, 0.29) is 6.03 Å². The van der Waals surface area contributed by atoms with Gasteiger partial charge in [-0.15, -0.1) is 0 Å². The van der Waals surface area contributed by atoms with Gasteiger partial charge in [0.2, 0.25) is 0 Å². The van der Waals surface area contributed by atoms with Gasteiger partial charge in [-0.1, -0.05) is 36.8 Å². The fraction of sp³-hybridized carbons (Fsp3) is 0.632. The van der Waals surface area contributed by atoms with Crippen molar-refractivity contribution >= 4 is 6.03 Å². The molecule has 0 atom stereocenters. The van der Waals surface area contributed by atoms with Crippen LogP contribution in [0.2, 0.25) is 0 Å². The molecule has 132 valence electrons. The number of hydrogen-bond acceptors (Lipinski definition) is 3. The Balaban J connectivity index is 1.25. The molecule has 2 heterocycles. The predicted molar refractivity (Wildman–Crippen MR) is 92.8 cm³/mol. The molecule has 0 bridgehead atoms. The van der Waals surface area contributed by atoms with Crippen molar-refractivity contribution in [2.45, 2.75) is 44.3 Å². The van der Waals surface area contributed by atoms with Gasteiger partial charge in [0, 0.05) is 32.5 Å². The van der Waals surface area contributed by atoms with E-state index in [0.29, 0.717) is 26.3 Å². The summed E-state index contributed by atoms with van der Waals surface area (Å²) < 4.78 is 11.4. The molecule has 2 amide bonds. The lowest BCUT2D eigenvalue weighted by molar-refractivity contribution is -0.181. The number of hydrogen-bond donors (Lipinski definition) is 1. The average Bonchev–Trinajstić information content (AvgIpc) is 3.07. The molecule has 1 aromatic carbocycles. The van der Waals surface area contributed by atoms with Crippen LogP contribution in [-0.4, -0.2) is 49.6 Å². The summed E-state index contributed by atoms with van der Waals surface area (Å²) in [6, 6.07) is 10.6. The fourth-order valence-corrected chi connectivity index (χ4v) is 3.42. The normalized spacial score (nSPS) is 19.6. The largest absolute Gasteiger partial charge is 0.347 e. The Morgan fingerprint density at radius 1 is 1.04 bits per heavy atom. The maximum atomic E-state index is 12.2. The monoisotopic (exact) mass is 332 g/mol. The summed E-state index contributed by atoms with van der Waals surface area (Å²) >= 11 is 0. The number of ether oxygens (including phenoxy) is 2. The number of carbonyl (C=O) groups excluding carboxylic acids is 1. The molecule has 0 saturated carbocycles. The maximum absolute atomic E-state index is 12.2. The van der Waals surface area contributed by atoms with E-state index in [0.717, 1.165) is 38.6 Å². The molecule has 1 aromatic rings. The molecule has 0 radical (unpaired) electrons. The van der Waals surface area contributed by atoms with E-state index in [1.165, 1.54) is 12.0 Å². The van der Waals surface area contributed by atoms with Gasteiger partial charge in [0.15, 0.2) is 5.79 Å². The van der Waals surface area contributed by atoms with Crippen molar-refractivity contribution in [2.75, 3.05) is 32.8 Å². The van der Waals surface area contributed by atoms with Gasteiger partial charge >= 0.3 is 6.03 Å². The molecule has 0 aliphatic carbocycles. The van der Waals surface area contributed by atoms with Crippen LogP contribution in [0.1, 0.15) is 37.7 Å². The predicted octanol–water partition coefficient (Wildman–Crippen LogP) is 2.95. The molecule has 24 heavy (non-hydrogen) atoms. The minimum Gasteiger partial charge on any atom is -0.347 e. The summed E-state index contributed by atoms with van der Waals surface area (Å²) in [5.74, 6) is -0.409. The van der Waals surface area contributed by atoms with Crippen molar-refractivity contribution in [1.29, 1.82) is 0 Å². The zero-order chi connectivity index (χ0) is 16.7. The lowest BCUT2D eigenvalue weighted by Gasteiger charge is -2.37. The summed E-state index contributed by atoms with van der Waals surface area (Å²) in [6.07, 6.45) is 6.00. The van der Waals surface area contributed by atoms with Crippen molar-refractivity contribution in [3.05, 3.63) is 35.9 Å². The first-order valence-electron chi connectivity index (χ1n) is 9.12. The standard InChI is InChI=1S/C19H28N2O3/c22-18(21-13-10-19(11-14-21)23-15-16-24-19)20-12-6-2-5-9-17-7-3-1-4-8-17/h1,3-4,7-8H,2,5-6,9-16H2,(H,20,22).